The molecule has 0 saturated carbocycles. The minimum Gasteiger partial charge on any atom is -0.481 e. The number of aliphatic carboxylic acids is 1. The molecule has 1 amide bonds. The first kappa shape index (κ1) is 12.0. The molecule has 0 aromatic carbocycles. The number of hydrogen-bond donors (Lipinski definition) is 1. The maximum atomic E-state index is 11.4. The van der Waals surface area contributed by atoms with E-state index in [-0.39, 0.29) is 24.4 Å². The van der Waals surface area contributed by atoms with Crippen LogP contribution in [0.15, 0.2) is 0 Å². The van der Waals surface area contributed by atoms with E-state index in [0.29, 0.717) is 6.54 Å². The van der Waals surface area contributed by atoms with E-state index in [1.165, 1.54) is 6.92 Å². The lowest BCUT2D eigenvalue weighted by atomic mass is 10.0. The number of carbonyl (C=O) groups excluding carboxylic acids is 1. The molecule has 0 unspecified atom stereocenters. The van der Waals surface area contributed by atoms with Crippen LogP contribution in [-0.2, 0) is 9.59 Å². The van der Waals surface area contributed by atoms with Crippen molar-refractivity contribution in [2.24, 2.45) is 0 Å². The second kappa shape index (κ2) is 4.61. The normalized spacial score (nSPS) is 27.8. The fraction of sp³-hybridized carbons (Fsp3) is 0.800. The smallest absolute Gasteiger partial charge is 0.305 e. The molecule has 0 aromatic rings. The molecule has 1 heterocycles. The number of amides is 1. The molecule has 15 heavy (non-hydrogen) atoms. The lowest BCUT2D eigenvalue weighted by molar-refractivity contribution is -0.143. The fourth-order valence-electron chi connectivity index (χ4n) is 2.35. The van der Waals surface area contributed by atoms with Crippen molar-refractivity contribution >= 4 is 11.9 Å². The second-order valence-electron chi connectivity index (χ2n) is 4.25. The van der Waals surface area contributed by atoms with Crippen LogP contribution in [0.5, 0.6) is 0 Å². The predicted octanol–water partition coefficient (Wildman–Crippen LogP) is 0.0121. The van der Waals surface area contributed by atoms with E-state index >= 15 is 0 Å². The number of nitrogens with zero attached hydrogens (tertiary/aromatic N) is 2. The monoisotopic (exact) mass is 214 g/mol. The molecule has 0 bridgehead atoms. The van der Waals surface area contributed by atoms with E-state index in [2.05, 4.69) is 4.90 Å². The van der Waals surface area contributed by atoms with Crippen LogP contribution in [0.1, 0.15) is 20.3 Å². The Balaban J connectivity index is 2.77. The first-order chi connectivity index (χ1) is 6.91. The molecule has 2 atom stereocenters. The van der Waals surface area contributed by atoms with Gasteiger partial charge in [-0.15, -0.1) is 0 Å². The summed E-state index contributed by atoms with van der Waals surface area (Å²) >= 11 is 0. The summed E-state index contributed by atoms with van der Waals surface area (Å²) in [5.41, 5.74) is 0. The summed E-state index contributed by atoms with van der Waals surface area (Å²) in [6, 6.07) is -0.112. The summed E-state index contributed by atoms with van der Waals surface area (Å²) in [5, 5.41) is 8.78. The van der Waals surface area contributed by atoms with Crippen LogP contribution in [-0.4, -0.2) is 59.0 Å². The molecular formula is C10H18N2O3. The van der Waals surface area contributed by atoms with Gasteiger partial charge in [0.2, 0.25) is 5.91 Å². The minimum absolute atomic E-state index is 0.0221. The zero-order chi connectivity index (χ0) is 11.6. The maximum Gasteiger partial charge on any atom is 0.305 e. The lowest BCUT2D eigenvalue weighted by Crippen LogP contribution is -2.58. The molecule has 1 fully saturated rings. The third kappa shape index (κ3) is 2.92. The van der Waals surface area contributed by atoms with Crippen molar-refractivity contribution in [2.45, 2.75) is 32.4 Å². The quantitative estimate of drug-likeness (QED) is 0.703. The number of rotatable bonds is 2. The van der Waals surface area contributed by atoms with Gasteiger partial charge in [-0.2, -0.15) is 0 Å². The van der Waals surface area contributed by atoms with Crippen molar-refractivity contribution in [1.82, 2.24) is 9.80 Å². The summed E-state index contributed by atoms with van der Waals surface area (Å²) in [4.78, 5) is 25.9. The van der Waals surface area contributed by atoms with Gasteiger partial charge in [0.05, 0.1) is 12.5 Å². The van der Waals surface area contributed by atoms with Gasteiger partial charge in [0.25, 0.3) is 0 Å². The van der Waals surface area contributed by atoms with Gasteiger partial charge >= 0.3 is 5.97 Å². The Morgan fingerprint density at radius 1 is 1.40 bits per heavy atom. The number of likely N-dealkylation sites (N-methyl/N-ethyl adjacent to an activating group) is 1. The molecule has 0 radical (unpaired) electrons. The maximum absolute atomic E-state index is 11.4. The molecule has 0 aromatic heterocycles. The SMILES string of the molecule is CC(=O)N1[C@@H](CC(=O)O)CN(C)C[C@H]1C. The Morgan fingerprint density at radius 3 is 2.47 bits per heavy atom. The third-order valence-corrected chi connectivity index (χ3v) is 2.74. The fourth-order valence-corrected chi connectivity index (χ4v) is 2.35. The van der Waals surface area contributed by atoms with E-state index in [1.807, 2.05) is 14.0 Å². The van der Waals surface area contributed by atoms with Crippen molar-refractivity contribution in [3.05, 3.63) is 0 Å². The molecule has 5 nitrogen and oxygen atoms in total. The Morgan fingerprint density at radius 2 is 2.00 bits per heavy atom. The van der Waals surface area contributed by atoms with E-state index in [1.54, 1.807) is 4.90 Å². The van der Waals surface area contributed by atoms with Crippen molar-refractivity contribution in [3.8, 4) is 0 Å². The van der Waals surface area contributed by atoms with Crippen molar-refractivity contribution in [2.75, 3.05) is 20.1 Å². The largest absolute Gasteiger partial charge is 0.481 e. The van der Waals surface area contributed by atoms with Gasteiger partial charge in [-0.3, -0.25) is 9.59 Å². The molecule has 0 spiro atoms. The summed E-state index contributed by atoms with van der Waals surface area (Å²) in [6.45, 7) is 4.88. The molecular weight excluding hydrogens is 196 g/mol. The van der Waals surface area contributed by atoms with Gasteiger partial charge in [0.1, 0.15) is 0 Å². The second-order valence-corrected chi connectivity index (χ2v) is 4.25. The van der Waals surface area contributed by atoms with E-state index in [4.69, 9.17) is 5.11 Å². The van der Waals surface area contributed by atoms with Crippen molar-refractivity contribution in [1.29, 1.82) is 0 Å². The minimum atomic E-state index is -0.853. The molecule has 1 saturated heterocycles. The van der Waals surface area contributed by atoms with Crippen LogP contribution in [0.4, 0.5) is 0 Å². The van der Waals surface area contributed by atoms with Crippen LogP contribution >= 0.6 is 0 Å². The highest BCUT2D eigenvalue weighted by Crippen LogP contribution is 2.17. The third-order valence-electron chi connectivity index (χ3n) is 2.74. The Labute approximate surface area is 89.7 Å². The number of carbonyl (C=O) groups is 2. The summed E-state index contributed by atoms with van der Waals surface area (Å²) < 4.78 is 0. The van der Waals surface area contributed by atoms with Crippen LogP contribution in [0.3, 0.4) is 0 Å². The highest BCUT2D eigenvalue weighted by molar-refractivity contribution is 5.75. The highest BCUT2D eigenvalue weighted by atomic mass is 16.4. The summed E-state index contributed by atoms with van der Waals surface area (Å²) in [5.74, 6) is -0.893. The van der Waals surface area contributed by atoms with Gasteiger partial charge in [-0.05, 0) is 14.0 Å². The van der Waals surface area contributed by atoms with Crippen LogP contribution in [0, 0.1) is 0 Å². The number of carboxylic acid groups (broad SMARTS) is 1. The Bertz CT molecular complexity index is 267. The van der Waals surface area contributed by atoms with Crippen LogP contribution < -0.4 is 0 Å². The zero-order valence-corrected chi connectivity index (χ0v) is 9.43. The van der Waals surface area contributed by atoms with Crippen molar-refractivity contribution in [3.63, 3.8) is 0 Å². The first-order valence-corrected chi connectivity index (χ1v) is 5.11. The van der Waals surface area contributed by atoms with Crippen LogP contribution in [0.25, 0.3) is 0 Å². The Kier molecular flexibility index (Phi) is 3.68. The van der Waals surface area contributed by atoms with Gasteiger partial charge in [0.15, 0.2) is 0 Å². The molecule has 1 N–H and O–H groups in total. The topological polar surface area (TPSA) is 60.9 Å². The molecule has 1 rings (SSSR count). The summed E-state index contributed by atoms with van der Waals surface area (Å²) in [6.07, 6.45) is 0.0221. The Hall–Kier alpha value is -1.10. The lowest BCUT2D eigenvalue weighted by Gasteiger charge is -2.43. The first-order valence-electron chi connectivity index (χ1n) is 5.11. The van der Waals surface area contributed by atoms with Crippen LogP contribution in [0.2, 0.25) is 0 Å². The molecule has 1 aliphatic rings. The van der Waals surface area contributed by atoms with E-state index in [9.17, 15) is 9.59 Å². The van der Waals surface area contributed by atoms with E-state index < -0.39 is 5.97 Å². The van der Waals surface area contributed by atoms with Gasteiger partial charge in [0, 0.05) is 26.1 Å². The van der Waals surface area contributed by atoms with Gasteiger partial charge in [-0.1, -0.05) is 0 Å². The zero-order valence-electron chi connectivity index (χ0n) is 9.43. The van der Waals surface area contributed by atoms with Crippen molar-refractivity contribution < 1.29 is 14.7 Å². The molecule has 0 aliphatic carbocycles. The molecule has 5 heteroatoms. The number of piperazine rings is 1. The van der Waals surface area contributed by atoms with Gasteiger partial charge in [-0.25, -0.2) is 0 Å². The molecule has 86 valence electrons. The highest BCUT2D eigenvalue weighted by Gasteiger charge is 2.33. The predicted molar refractivity (Wildman–Crippen MR) is 55.5 cm³/mol. The number of carboxylic acids is 1. The average molecular weight is 214 g/mol. The standard InChI is InChI=1S/C10H18N2O3/c1-7-5-11(3)6-9(4-10(14)15)12(7)8(2)13/h7,9H,4-6H2,1-3H3,(H,14,15)/t7-,9+/m1/s1. The summed E-state index contributed by atoms with van der Waals surface area (Å²) in [7, 11) is 1.95. The molecule has 1 aliphatic heterocycles. The van der Waals surface area contributed by atoms with E-state index in [0.717, 1.165) is 6.54 Å². The number of hydrogen-bond acceptors (Lipinski definition) is 3. The average Bonchev–Trinajstić information content (AvgIpc) is 1.99. The van der Waals surface area contributed by atoms with Gasteiger partial charge < -0.3 is 14.9 Å².